The summed E-state index contributed by atoms with van der Waals surface area (Å²) in [5.41, 5.74) is 0.815. The van der Waals surface area contributed by atoms with Crippen molar-refractivity contribution >= 4 is 5.97 Å². The summed E-state index contributed by atoms with van der Waals surface area (Å²) in [6, 6.07) is 7.88. The maximum absolute atomic E-state index is 12.3. The number of rotatable bonds is 7. The van der Waals surface area contributed by atoms with Crippen molar-refractivity contribution in [1.29, 1.82) is 0 Å². The zero-order chi connectivity index (χ0) is 16.0. The van der Waals surface area contributed by atoms with E-state index in [1.807, 2.05) is 45.0 Å². The Morgan fingerprint density at radius 2 is 1.76 bits per heavy atom. The number of esters is 1. The molecule has 0 fully saturated rings. The lowest BCUT2D eigenvalue weighted by Gasteiger charge is -2.37. The largest absolute Gasteiger partial charge is 0.466 e. The second kappa shape index (κ2) is 7.60. The Bertz CT molecular complexity index is 450. The number of carbonyl (C=O) groups is 1. The van der Waals surface area contributed by atoms with Crippen molar-refractivity contribution in [3.05, 3.63) is 35.4 Å². The van der Waals surface area contributed by atoms with Gasteiger partial charge in [-0.2, -0.15) is 0 Å². The first-order valence-electron chi connectivity index (χ1n) is 7.89. The fraction of sp³-hybridized carbons (Fsp3) is 0.611. The summed E-state index contributed by atoms with van der Waals surface area (Å²) in [4.78, 5) is 12.3. The van der Waals surface area contributed by atoms with Crippen LogP contribution in [0.25, 0.3) is 0 Å². The molecule has 118 valence electrons. The van der Waals surface area contributed by atoms with Gasteiger partial charge in [-0.25, -0.2) is 0 Å². The molecule has 2 atom stereocenters. The van der Waals surface area contributed by atoms with Gasteiger partial charge in [0.1, 0.15) is 5.60 Å². The molecular weight excluding hydrogens is 264 g/mol. The Morgan fingerprint density at radius 1 is 1.19 bits per heavy atom. The van der Waals surface area contributed by atoms with E-state index in [4.69, 9.17) is 4.74 Å². The third-order valence-electron chi connectivity index (χ3n) is 4.12. The summed E-state index contributed by atoms with van der Waals surface area (Å²) in [5, 5.41) is 11.2. The van der Waals surface area contributed by atoms with Crippen LogP contribution in [-0.4, -0.2) is 17.7 Å². The molecule has 0 saturated heterocycles. The predicted molar refractivity (Wildman–Crippen MR) is 85.0 cm³/mol. The Labute approximate surface area is 128 Å². The van der Waals surface area contributed by atoms with Crippen molar-refractivity contribution in [3.63, 3.8) is 0 Å². The quantitative estimate of drug-likeness (QED) is 0.780. The van der Waals surface area contributed by atoms with Gasteiger partial charge in [-0.15, -0.1) is 0 Å². The van der Waals surface area contributed by atoms with E-state index in [2.05, 4.69) is 6.92 Å². The van der Waals surface area contributed by atoms with Gasteiger partial charge in [-0.3, -0.25) is 4.79 Å². The number of hydrogen-bond acceptors (Lipinski definition) is 3. The van der Waals surface area contributed by atoms with Crippen molar-refractivity contribution in [2.24, 2.45) is 11.8 Å². The molecule has 0 saturated carbocycles. The van der Waals surface area contributed by atoms with Gasteiger partial charge in [0.2, 0.25) is 0 Å². The van der Waals surface area contributed by atoms with Crippen molar-refractivity contribution in [2.75, 3.05) is 6.61 Å². The van der Waals surface area contributed by atoms with Crippen LogP contribution in [0.3, 0.4) is 0 Å². The highest BCUT2D eigenvalue weighted by atomic mass is 16.5. The van der Waals surface area contributed by atoms with E-state index in [-0.39, 0.29) is 11.9 Å². The number of benzene rings is 1. The van der Waals surface area contributed by atoms with Crippen molar-refractivity contribution in [1.82, 2.24) is 0 Å². The smallest absolute Gasteiger partial charge is 0.312 e. The molecule has 0 aromatic heterocycles. The topological polar surface area (TPSA) is 46.5 Å². The average molecular weight is 292 g/mol. The molecule has 1 N–H and O–H groups in total. The van der Waals surface area contributed by atoms with E-state index in [1.54, 1.807) is 6.92 Å². The molecule has 3 heteroatoms. The molecule has 0 heterocycles. The lowest BCUT2D eigenvalue weighted by molar-refractivity contribution is -0.163. The Morgan fingerprint density at radius 3 is 2.14 bits per heavy atom. The SMILES string of the molecule is CCOC(=O)C(C(C)C)C(O)(CC)c1ccc(CC)cc1. The Hall–Kier alpha value is -1.35. The molecule has 21 heavy (non-hydrogen) atoms. The zero-order valence-corrected chi connectivity index (χ0v) is 13.8. The highest BCUT2D eigenvalue weighted by Gasteiger charge is 2.44. The van der Waals surface area contributed by atoms with Gasteiger partial charge in [0, 0.05) is 0 Å². The summed E-state index contributed by atoms with van der Waals surface area (Å²) in [7, 11) is 0. The first kappa shape index (κ1) is 17.7. The number of aliphatic hydroxyl groups is 1. The number of aryl methyl sites for hydroxylation is 1. The summed E-state index contributed by atoms with van der Waals surface area (Å²) < 4.78 is 5.18. The first-order valence-corrected chi connectivity index (χ1v) is 7.89. The second-order valence-electron chi connectivity index (χ2n) is 5.80. The van der Waals surface area contributed by atoms with E-state index in [9.17, 15) is 9.90 Å². The second-order valence-corrected chi connectivity index (χ2v) is 5.80. The van der Waals surface area contributed by atoms with Gasteiger partial charge in [-0.1, -0.05) is 52.0 Å². The van der Waals surface area contributed by atoms with E-state index >= 15 is 0 Å². The normalized spacial score (nSPS) is 15.6. The van der Waals surface area contributed by atoms with Crippen LogP contribution in [0, 0.1) is 11.8 Å². The predicted octanol–water partition coefficient (Wildman–Crippen LogP) is 3.68. The van der Waals surface area contributed by atoms with E-state index in [0.717, 1.165) is 12.0 Å². The molecule has 0 aliphatic rings. The van der Waals surface area contributed by atoms with Crippen LogP contribution < -0.4 is 0 Å². The maximum atomic E-state index is 12.3. The molecule has 1 aromatic carbocycles. The van der Waals surface area contributed by atoms with E-state index < -0.39 is 11.5 Å². The minimum Gasteiger partial charge on any atom is -0.466 e. The molecular formula is C18H28O3. The number of hydrogen-bond donors (Lipinski definition) is 1. The maximum Gasteiger partial charge on any atom is 0.312 e. The van der Waals surface area contributed by atoms with E-state index in [1.165, 1.54) is 5.56 Å². The minimum absolute atomic E-state index is 0.000137. The molecule has 1 rings (SSSR count). The van der Waals surface area contributed by atoms with Crippen LogP contribution in [0.2, 0.25) is 0 Å². The standard InChI is InChI=1S/C18H28O3/c1-6-14-9-11-15(12-10-14)18(20,7-2)16(13(4)5)17(19)21-8-3/h9-13,16,20H,6-8H2,1-5H3. The van der Waals surface area contributed by atoms with Gasteiger partial charge in [0.25, 0.3) is 0 Å². The van der Waals surface area contributed by atoms with Crippen molar-refractivity contribution in [2.45, 2.75) is 53.1 Å². The van der Waals surface area contributed by atoms with Gasteiger partial charge in [0.15, 0.2) is 0 Å². The Kier molecular flexibility index (Phi) is 6.41. The van der Waals surface area contributed by atoms with Gasteiger partial charge in [0.05, 0.1) is 12.5 Å². The molecule has 1 aromatic rings. The molecule has 0 spiro atoms. The highest BCUT2D eigenvalue weighted by Crippen LogP contribution is 2.38. The van der Waals surface area contributed by atoms with Crippen LogP contribution >= 0.6 is 0 Å². The first-order chi connectivity index (χ1) is 9.90. The summed E-state index contributed by atoms with van der Waals surface area (Å²) in [6.07, 6.45) is 1.43. The van der Waals surface area contributed by atoms with Crippen LogP contribution in [0.4, 0.5) is 0 Å². The van der Waals surface area contributed by atoms with Crippen molar-refractivity contribution in [3.8, 4) is 0 Å². The van der Waals surface area contributed by atoms with E-state index in [0.29, 0.717) is 13.0 Å². The van der Waals surface area contributed by atoms with Gasteiger partial charge in [-0.05, 0) is 36.8 Å². The molecule has 0 aliphatic heterocycles. The zero-order valence-electron chi connectivity index (χ0n) is 13.8. The lowest BCUT2D eigenvalue weighted by atomic mass is 9.73. The molecule has 3 nitrogen and oxygen atoms in total. The third-order valence-corrected chi connectivity index (χ3v) is 4.12. The van der Waals surface area contributed by atoms with Crippen LogP contribution in [0.15, 0.2) is 24.3 Å². The van der Waals surface area contributed by atoms with Crippen LogP contribution in [-0.2, 0) is 21.6 Å². The summed E-state index contributed by atoms with van der Waals surface area (Å²) in [5.74, 6) is -0.883. The molecule has 2 unspecified atom stereocenters. The third kappa shape index (κ3) is 3.85. The monoisotopic (exact) mass is 292 g/mol. The van der Waals surface area contributed by atoms with Crippen LogP contribution in [0.1, 0.15) is 52.2 Å². The summed E-state index contributed by atoms with van der Waals surface area (Å²) in [6.45, 7) is 10.0. The van der Waals surface area contributed by atoms with Gasteiger partial charge < -0.3 is 9.84 Å². The lowest BCUT2D eigenvalue weighted by Crippen LogP contribution is -2.43. The fourth-order valence-electron chi connectivity index (χ4n) is 2.88. The average Bonchev–Trinajstić information content (AvgIpc) is 2.47. The highest BCUT2D eigenvalue weighted by molar-refractivity contribution is 5.74. The Balaban J connectivity index is 3.22. The molecule has 0 bridgehead atoms. The molecule has 0 aliphatic carbocycles. The summed E-state index contributed by atoms with van der Waals surface area (Å²) >= 11 is 0. The van der Waals surface area contributed by atoms with Crippen LogP contribution in [0.5, 0.6) is 0 Å². The molecule has 0 radical (unpaired) electrons. The van der Waals surface area contributed by atoms with Gasteiger partial charge >= 0.3 is 5.97 Å². The minimum atomic E-state index is -1.19. The molecule has 0 amide bonds. The fourth-order valence-corrected chi connectivity index (χ4v) is 2.88. The van der Waals surface area contributed by atoms with Crippen molar-refractivity contribution < 1.29 is 14.6 Å². The number of ether oxygens (including phenoxy) is 1. The number of carbonyl (C=O) groups excluding carboxylic acids is 1.